The molecule has 0 amide bonds. The highest BCUT2D eigenvalue weighted by Crippen LogP contribution is 2.43. The van der Waals surface area contributed by atoms with Crippen LogP contribution >= 0.6 is 0 Å². The number of nitrogens with zero attached hydrogens (tertiary/aromatic N) is 1. The Balaban J connectivity index is 1.97. The average Bonchev–Trinajstić information content (AvgIpc) is 3.04. The van der Waals surface area contributed by atoms with Crippen LogP contribution in [0, 0.1) is 0 Å². The Kier molecular flexibility index (Phi) is 4.37. The van der Waals surface area contributed by atoms with E-state index < -0.39 is 11.7 Å². The highest BCUT2D eigenvalue weighted by Gasteiger charge is 2.34. The zero-order valence-corrected chi connectivity index (χ0v) is 16.8. The van der Waals surface area contributed by atoms with Gasteiger partial charge in [-0.3, -0.25) is 0 Å². The fourth-order valence-corrected chi connectivity index (χ4v) is 3.82. The molecule has 4 rings (SSSR count). The predicted molar refractivity (Wildman–Crippen MR) is 112 cm³/mol. The van der Waals surface area contributed by atoms with Crippen LogP contribution in [-0.4, -0.2) is 7.05 Å². The molecule has 0 aliphatic rings. The van der Waals surface area contributed by atoms with Crippen LogP contribution < -0.4 is 4.90 Å². The van der Waals surface area contributed by atoms with Crippen LogP contribution in [0.4, 0.5) is 24.5 Å². The normalized spacial score (nSPS) is 12.7. The molecule has 0 unspecified atom stereocenters. The van der Waals surface area contributed by atoms with E-state index in [0.29, 0.717) is 16.4 Å². The molecule has 2 nitrogen and oxygen atoms in total. The molecule has 0 bridgehead atoms. The molecule has 0 fully saturated rings. The number of rotatable bonds is 2. The zero-order valence-electron chi connectivity index (χ0n) is 16.8. The number of hydrogen-bond donors (Lipinski definition) is 0. The lowest BCUT2D eigenvalue weighted by atomic mass is 9.85. The summed E-state index contributed by atoms with van der Waals surface area (Å²) in [7, 11) is 1.91. The molecule has 0 aliphatic carbocycles. The average molecular weight is 397 g/mol. The molecule has 3 aromatic carbocycles. The van der Waals surface area contributed by atoms with Gasteiger partial charge in [0.05, 0.1) is 11.3 Å². The second kappa shape index (κ2) is 6.55. The highest BCUT2D eigenvalue weighted by atomic mass is 19.4. The monoisotopic (exact) mass is 397 g/mol. The van der Waals surface area contributed by atoms with E-state index >= 15 is 0 Å². The Labute approximate surface area is 167 Å². The quantitative estimate of drug-likeness (QED) is 0.345. The Hall–Kier alpha value is -2.95. The van der Waals surface area contributed by atoms with Crippen LogP contribution in [0.25, 0.3) is 21.9 Å². The summed E-state index contributed by atoms with van der Waals surface area (Å²) < 4.78 is 46.3. The van der Waals surface area contributed by atoms with E-state index in [4.69, 9.17) is 4.42 Å². The van der Waals surface area contributed by atoms with E-state index in [2.05, 4.69) is 26.8 Å². The van der Waals surface area contributed by atoms with Crippen molar-refractivity contribution in [2.75, 3.05) is 11.9 Å². The number of furan rings is 1. The Morgan fingerprint density at radius 1 is 0.690 bits per heavy atom. The molecule has 0 saturated heterocycles. The topological polar surface area (TPSA) is 16.4 Å². The molecule has 0 aliphatic heterocycles. The number of para-hydroxylation sites is 3. The maximum Gasteiger partial charge on any atom is 0.420 e. The number of benzene rings is 3. The van der Waals surface area contributed by atoms with Gasteiger partial charge in [-0.2, -0.15) is 13.2 Å². The number of fused-ring (bicyclic) bond motifs is 3. The van der Waals surface area contributed by atoms with E-state index in [-0.39, 0.29) is 11.0 Å². The van der Waals surface area contributed by atoms with Gasteiger partial charge >= 0.3 is 6.18 Å². The van der Waals surface area contributed by atoms with Crippen molar-refractivity contribution >= 4 is 33.3 Å². The summed E-state index contributed by atoms with van der Waals surface area (Å²) in [5.41, 5.74) is 2.34. The van der Waals surface area contributed by atoms with Crippen LogP contribution in [0.2, 0.25) is 0 Å². The zero-order chi connectivity index (χ0) is 21.0. The molecule has 0 N–H and O–H groups in total. The van der Waals surface area contributed by atoms with Crippen molar-refractivity contribution in [3.05, 3.63) is 71.8 Å². The summed E-state index contributed by atoms with van der Waals surface area (Å²) in [5.74, 6) is 0. The largest absolute Gasteiger partial charge is 0.453 e. The van der Waals surface area contributed by atoms with Crippen molar-refractivity contribution in [3.63, 3.8) is 0 Å². The van der Waals surface area contributed by atoms with Gasteiger partial charge in [0.25, 0.3) is 0 Å². The smallest absolute Gasteiger partial charge is 0.420 e. The molecule has 1 heterocycles. The van der Waals surface area contributed by atoms with Crippen molar-refractivity contribution in [2.45, 2.75) is 32.4 Å². The number of halogens is 3. The van der Waals surface area contributed by atoms with Gasteiger partial charge in [-0.25, -0.2) is 0 Å². The minimum absolute atomic E-state index is 0.0872. The predicted octanol–water partition coefficient (Wildman–Crippen LogP) is 7.67. The fraction of sp³-hybridized carbons (Fsp3) is 0.250. The molecule has 0 radical (unpaired) electrons. The highest BCUT2D eigenvalue weighted by molar-refractivity contribution is 6.10. The molecule has 0 saturated carbocycles. The Morgan fingerprint density at radius 3 is 1.90 bits per heavy atom. The van der Waals surface area contributed by atoms with Gasteiger partial charge in [0, 0.05) is 23.5 Å². The molecule has 29 heavy (non-hydrogen) atoms. The number of alkyl halides is 3. The first kappa shape index (κ1) is 19.4. The third kappa shape index (κ3) is 3.24. The van der Waals surface area contributed by atoms with E-state index in [1.165, 1.54) is 6.07 Å². The summed E-state index contributed by atoms with van der Waals surface area (Å²) in [6, 6.07) is 17.7. The number of anilines is 2. The first-order valence-electron chi connectivity index (χ1n) is 9.44. The van der Waals surface area contributed by atoms with Crippen molar-refractivity contribution in [3.8, 4) is 0 Å². The van der Waals surface area contributed by atoms with Crippen LogP contribution in [0.3, 0.4) is 0 Å². The van der Waals surface area contributed by atoms with Gasteiger partial charge in [0.15, 0.2) is 5.58 Å². The van der Waals surface area contributed by atoms with Gasteiger partial charge in [0.1, 0.15) is 5.58 Å². The minimum Gasteiger partial charge on any atom is -0.453 e. The lowest BCUT2D eigenvalue weighted by molar-refractivity contribution is -0.136. The Bertz CT molecular complexity index is 1200. The first-order chi connectivity index (χ1) is 13.6. The fourth-order valence-electron chi connectivity index (χ4n) is 3.82. The van der Waals surface area contributed by atoms with Crippen LogP contribution in [0.5, 0.6) is 0 Å². The molecular weight excluding hydrogens is 375 g/mol. The molecule has 1 aromatic heterocycles. The molecular formula is C24H22F3NO. The third-order valence-electron chi connectivity index (χ3n) is 5.24. The SMILES string of the molecule is CN(c1ccccc1C(C)(C)C)c1cccc2c1oc1c(C(F)(F)F)cccc12. The van der Waals surface area contributed by atoms with Crippen molar-refractivity contribution in [1.29, 1.82) is 0 Å². The van der Waals surface area contributed by atoms with Gasteiger partial charge in [-0.05, 0) is 29.2 Å². The summed E-state index contributed by atoms with van der Waals surface area (Å²) in [5, 5.41) is 1.14. The van der Waals surface area contributed by atoms with Crippen molar-refractivity contribution < 1.29 is 17.6 Å². The second-order valence-electron chi connectivity index (χ2n) is 8.26. The van der Waals surface area contributed by atoms with E-state index in [1.807, 2.05) is 42.3 Å². The lowest BCUT2D eigenvalue weighted by Crippen LogP contribution is -2.19. The van der Waals surface area contributed by atoms with E-state index in [9.17, 15) is 13.2 Å². The third-order valence-corrected chi connectivity index (χ3v) is 5.24. The lowest BCUT2D eigenvalue weighted by Gasteiger charge is -2.29. The van der Waals surface area contributed by atoms with Crippen LogP contribution in [0.1, 0.15) is 31.9 Å². The summed E-state index contributed by atoms with van der Waals surface area (Å²) >= 11 is 0. The van der Waals surface area contributed by atoms with Crippen molar-refractivity contribution in [2.24, 2.45) is 0 Å². The molecule has 0 atom stereocenters. The first-order valence-corrected chi connectivity index (χ1v) is 9.44. The molecule has 5 heteroatoms. The van der Waals surface area contributed by atoms with Gasteiger partial charge in [0.2, 0.25) is 0 Å². The van der Waals surface area contributed by atoms with E-state index in [0.717, 1.165) is 23.0 Å². The molecule has 150 valence electrons. The number of hydrogen-bond acceptors (Lipinski definition) is 2. The summed E-state index contributed by atoms with van der Waals surface area (Å²) in [6.45, 7) is 6.41. The van der Waals surface area contributed by atoms with Gasteiger partial charge in [-0.1, -0.05) is 63.2 Å². The summed E-state index contributed by atoms with van der Waals surface area (Å²) in [6.07, 6.45) is -4.47. The van der Waals surface area contributed by atoms with Crippen LogP contribution in [-0.2, 0) is 11.6 Å². The maximum absolute atomic E-state index is 13.5. The van der Waals surface area contributed by atoms with Gasteiger partial charge < -0.3 is 9.32 Å². The Morgan fingerprint density at radius 2 is 1.24 bits per heavy atom. The summed E-state index contributed by atoms with van der Waals surface area (Å²) in [4.78, 5) is 1.98. The standard InChI is InChI=1S/C24H22F3NO/c1-23(2,3)17-11-5-6-13-19(17)28(4)20-14-8-10-16-15-9-7-12-18(24(25,26)27)21(15)29-22(16)20/h5-14H,1-4H3. The van der Waals surface area contributed by atoms with Crippen molar-refractivity contribution in [1.82, 2.24) is 0 Å². The van der Waals surface area contributed by atoms with E-state index in [1.54, 1.807) is 12.1 Å². The second-order valence-corrected chi connectivity index (χ2v) is 8.26. The molecule has 4 aromatic rings. The molecule has 0 spiro atoms. The maximum atomic E-state index is 13.5. The minimum atomic E-state index is -4.47. The van der Waals surface area contributed by atoms with Crippen LogP contribution in [0.15, 0.2) is 65.1 Å². The van der Waals surface area contributed by atoms with Gasteiger partial charge in [-0.15, -0.1) is 0 Å².